The average Bonchev–Trinajstić information content (AvgIpc) is 2.84. The van der Waals surface area contributed by atoms with E-state index in [0.717, 1.165) is 25.4 Å². The van der Waals surface area contributed by atoms with Gasteiger partial charge in [0.2, 0.25) is 5.91 Å². The van der Waals surface area contributed by atoms with Crippen LogP contribution >= 0.6 is 0 Å². The van der Waals surface area contributed by atoms with Gasteiger partial charge in [-0.15, -0.1) is 0 Å². The third-order valence-corrected chi connectivity index (χ3v) is 5.58. The van der Waals surface area contributed by atoms with Crippen LogP contribution in [0.25, 0.3) is 0 Å². The van der Waals surface area contributed by atoms with Gasteiger partial charge in [-0.3, -0.25) is 4.79 Å². The predicted molar refractivity (Wildman–Crippen MR) is 72.2 cm³/mol. The summed E-state index contributed by atoms with van der Waals surface area (Å²) in [5, 5.41) is 6.69. The van der Waals surface area contributed by atoms with E-state index >= 15 is 0 Å². The summed E-state index contributed by atoms with van der Waals surface area (Å²) in [6.45, 7) is 4.40. The SMILES string of the molecule is CC(NC(=O)C1CC12CCNCC2)C1CCCC1. The standard InChI is InChI=1S/C15H26N2O/c1-11(12-4-2-3-5-12)17-14(18)13-10-15(13)6-8-16-9-7-15/h11-13,16H,2-10H2,1H3,(H,17,18). The summed E-state index contributed by atoms with van der Waals surface area (Å²) < 4.78 is 0. The molecule has 0 aromatic rings. The lowest BCUT2D eigenvalue weighted by Gasteiger charge is -2.25. The van der Waals surface area contributed by atoms with E-state index in [1.165, 1.54) is 38.5 Å². The van der Waals surface area contributed by atoms with Crippen molar-refractivity contribution in [2.75, 3.05) is 13.1 Å². The van der Waals surface area contributed by atoms with Crippen LogP contribution in [-0.2, 0) is 4.79 Å². The molecule has 2 saturated carbocycles. The zero-order chi connectivity index (χ0) is 12.6. The van der Waals surface area contributed by atoms with Crippen molar-refractivity contribution in [3.8, 4) is 0 Å². The smallest absolute Gasteiger partial charge is 0.223 e. The van der Waals surface area contributed by atoms with Crippen molar-refractivity contribution in [3.05, 3.63) is 0 Å². The van der Waals surface area contributed by atoms with Crippen LogP contribution in [0.3, 0.4) is 0 Å². The molecule has 1 saturated heterocycles. The number of hydrogen-bond donors (Lipinski definition) is 2. The van der Waals surface area contributed by atoms with Gasteiger partial charge in [0.1, 0.15) is 0 Å². The summed E-state index contributed by atoms with van der Waals surface area (Å²) in [7, 11) is 0. The predicted octanol–water partition coefficient (Wildman–Crippen LogP) is 2.07. The number of carbonyl (C=O) groups is 1. The monoisotopic (exact) mass is 250 g/mol. The van der Waals surface area contributed by atoms with Gasteiger partial charge in [0.15, 0.2) is 0 Å². The van der Waals surface area contributed by atoms with E-state index in [0.29, 0.717) is 23.3 Å². The van der Waals surface area contributed by atoms with Crippen molar-refractivity contribution in [1.29, 1.82) is 0 Å². The maximum atomic E-state index is 12.3. The lowest BCUT2D eigenvalue weighted by molar-refractivity contribution is -0.124. The van der Waals surface area contributed by atoms with Gasteiger partial charge >= 0.3 is 0 Å². The Labute approximate surface area is 110 Å². The van der Waals surface area contributed by atoms with E-state index in [2.05, 4.69) is 17.6 Å². The molecule has 3 fully saturated rings. The average molecular weight is 250 g/mol. The maximum absolute atomic E-state index is 12.3. The number of nitrogens with one attached hydrogen (secondary N) is 2. The summed E-state index contributed by atoms with van der Waals surface area (Å²) in [6.07, 6.45) is 8.85. The summed E-state index contributed by atoms with van der Waals surface area (Å²) in [4.78, 5) is 12.3. The molecule has 0 aromatic carbocycles. The molecule has 1 heterocycles. The first-order valence-electron chi connectivity index (χ1n) is 7.72. The fourth-order valence-electron chi connectivity index (χ4n) is 4.10. The highest BCUT2D eigenvalue weighted by molar-refractivity contribution is 5.82. The Morgan fingerprint density at radius 1 is 1.28 bits per heavy atom. The van der Waals surface area contributed by atoms with Crippen LogP contribution < -0.4 is 10.6 Å². The van der Waals surface area contributed by atoms with E-state index < -0.39 is 0 Å². The molecule has 18 heavy (non-hydrogen) atoms. The Balaban J connectivity index is 1.50. The molecule has 3 rings (SSSR count). The van der Waals surface area contributed by atoms with Crippen molar-refractivity contribution >= 4 is 5.91 Å². The van der Waals surface area contributed by atoms with Crippen LogP contribution in [0.4, 0.5) is 0 Å². The zero-order valence-electron chi connectivity index (χ0n) is 11.5. The Hall–Kier alpha value is -0.570. The number of amides is 1. The normalized spacial score (nSPS) is 32.4. The van der Waals surface area contributed by atoms with Gasteiger partial charge < -0.3 is 10.6 Å². The fraction of sp³-hybridized carbons (Fsp3) is 0.933. The molecule has 0 aromatic heterocycles. The molecule has 3 nitrogen and oxygen atoms in total. The molecule has 0 radical (unpaired) electrons. The summed E-state index contributed by atoms with van der Waals surface area (Å²) in [6, 6.07) is 0.388. The third-order valence-electron chi connectivity index (χ3n) is 5.58. The van der Waals surface area contributed by atoms with Gasteiger partial charge in [-0.2, -0.15) is 0 Å². The second-order valence-corrected chi connectivity index (χ2v) is 6.71. The number of carbonyl (C=O) groups excluding carboxylic acids is 1. The Morgan fingerprint density at radius 3 is 2.61 bits per heavy atom. The second-order valence-electron chi connectivity index (χ2n) is 6.71. The number of piperidine rings is 1. The first-order chi connectivity index (χ1) is 8.71. The minimum Gasteiger partial charge on any atom is -0.353 e. The van der Waals surface area contributed by atoms with Gasteiger partial charge in [-0.1, -0.05) is 12.8 Å². The Bertz CT molecular complexity index is 316. The second kappa shape index (κ2) is 4.84. The molecule has 1 aliphatic heterocycles. The highest BCUT2D eigenvalue weighted by Gasteiger charge is 2.57. The van der Waals surface area contributed by atoms with E-state index in [-0.39, 0.29) is 0 Å². The van der Waals surface area contributed by atoms with Crippen LogP contribution in [0.2, 0.25) is 0 Å². The molecule has 3 heteroatoms. The highest BCUT2D eigenvalue weighted by Crippen LogP contribution is 2.58. The topological polar surface area (TPSA) is 41.1 Å². The number of rotatable bonds is 3. The van der Waals surface area contributed by atoms with Crippen molar-refractivity contribution < 1.29 is 4.79 Å². The lowest BCUT2D eigenvalue weighted by Crippen LogP contribution is -2.40. The lowest BCUT2D eigenvalue weighted by atomic mass is 9.91. The van der Waals surface area contributed by atoms with Crippen LogP contribution in [0.5, 0.6) is 0 Å². The van der Waals surface area contributed by atoms with Crippen LogP contribution in [0.15, 0.2) is 0 Å². The van der Waals surface area contributed by atoms with E-state index in [4.69, 9.17) is 0 Å². The van der Waals surface area contributed by atoms with Gasteiger partial charge in [0.05, 0.1) is 0 Å². The molecular formula is C15H26N2O. The van der Waals surface area contributed by atoms with Gasteiger partial charge in [0.25, 0.3) is 0 Å². The largest absolute Gasteiger partial charge is 0.353 e. The van der Waals surface area contributed by atoms with Crippen LogP contribution in [-0.4, -0.2) is 25.0 Å². The van der Waals surface area contributed by atoms with Gasteiger partial charge in [-0.05, 0) is 63.5 Å². The Kier molecular flexibility index (Phi) is 3.35. The minimum atomic E-state index is 0.323. The van der Waals surface area contributed by atoms with E-state index in [9.17, 15) is 4.79 Å². The van der Waals surface area contributed by atoms with Crippen molar-refractivity contribution in [3.63, 3.8) is 0 Å². The van der Waals surface area contributed by atoms with Crippen LogP contribution in [0, 0.1) is 17.3 Å². The zero-order valence-corrected chi connectivity index (χ0v) is 11.5. The van der Waals surface area contributed by atoms with E-state index in [1.807, 2.05) is 0 Å². The maximum Gasteiger partial charge on any atom is 0.223 e. The summed E-state index contributed by atoms with van der Waals surface area (Å²) >= 11 is 0. The molecule has 2 unspecified atom stereocenters. The molecule has 2 N–H and O–H groups in total. The van der Waals surface area contributed by atoms with Crippen molar-refractivity contribution in [1.82, 2.24) is 10.6 Å². The van der Waals surface area contributed by atoms with E-state index in [1.54, 1.807) is 0 Å². The Morgan fingerprint density at radius 2 is 1.94 bits per heavy atom. The molecule has 2 aliphatic carbocycles. The molecule has 1 spiro atoms. The van der Waals surface area contributed by atoms with Crippen LogP contribution in [0.1, 0.15) is 51.9 Å². The molecule has 2 atom stereocenters. The first kappa shape index (κ1) is 12.5. The molecule has 3 aliphatic rings. The van der Waals surface area contributed by atoms with Gasteiger partial charge in [0, 0.05) is 12.0 Å². The first-order valence-corrected chi connectivity index (χ1v) is 7.72. The fourth-order valence-corrected chi connectivity index (χ4v) is 4.10. The molecule has 1 amide bonds. The van der Waals surface area contributed by atoms with Crippen molar-refractivity contribution in [2.45, 2.75) is 57.9 Å². The van der Waals surface area contributed by atoms with Crippen molar-refractivity contribution in [2.24, 2.45) is 17.3 Å². The molecule has 102 valence electrons. The number of hydrogen-bond acceptors (Lipinski definition) is 2. The summed E-state index contributed by atoms with van der Waals surface area (Å²) in [5.74, 6) is 1.40. The minimum absolute atomic E-state index is 0.323. The van der Waals surface area contributed by atoms with Gasteiger partial charge in [-0.25, -0.2) is 0 Å². The quantitative estimate of drug-likeness (QED) is 0.805. The molecule has 0 bridgehead atoms. The summed E-state index contributed by atoms with van der Waals surface area (Å²) in [5.41, 5.74) is 0.380. The highest BCUT2D eigenvalue weighted by atomic mass is 16.2. The molecular weight excluding hydrogens is 224 g/mol. The third kappa shape index (κ3) is 2.29.